The Hall–Kier alpha value is -1.36. The standard InChI is InChI=1S/C10H10ClF2NO2/c1-2-8(10(15)16)14-9-6(11)3-5(12)4-7(9)13/h3-4,8,14H,2H2,1H3,(H,15,16). The summed E-state index contributed by atoms with van der Waals surface area (Å²) in [6.07, 6.45) is 0.252. The van der Waals surface area contributed by atoms with Crippen LogP contribution < -0.4 is 5.32 Å². The van der Waals surface area contributed by atoms with E-state index in [2.05, 4.69) is 5.32 Å². The molecule has 2 N–H and O–H groups in total. The van der Waals surface area contributed by atoms with Crippen molar-refractivity contribution in [2.75, 3.05) is 5.32 Å². The molecule has 0 aliphatic rings. The van der Waals surface area contributed by atoms with Gasteiger partial charge in [0.15, 0.2) is 5.82 Å². The van der Waals surface area contributed by atoms with Crippen molar-refractivity contribution in [1.82, 2.24) is 0 Å². The molecule has 1 rings (SSSR count). The molecule has 0 amide bonds. The highest BCUT2D eigenvalue weighted by Gasteiger charge is 2.18. The van der Waals surface area contributed by atoms with Crippen molar-refractivity contribution < 1.29 is 18.7 Å². The molecule has 0 aromatic heterocycles. The maximum absolute atomic E-state index is 13.3. The minimum absolute atomic E-state index is 0.183. The van der Waals surface area contributed by atoms with Gasteiger partial charge in [-0.25, -0.2) is 13.6 Å². The number of carboxylic acids is 1. The lowest BCUT2D eigenvalue weighted by Gasteiger charge is -2.15. The van der Waals surface area contributed by atoms with Gasteiger partial charge in [0.25, 0.3) is 0 Å². The van der Waals surface area contributed by atoms with E-state index < -0.39 is 23.6 Å². The number of carbonyl (C=O) groups is 1. The first-order valence-electron chi connectivity index (χ1n) is 4.59. The second-order valence-corrected chi connectivity index (χ2v) is 3.60. The Morgan fingerprint density at radius 2 is 2.19 bits per heavy atom. The topological polar surface area (TPSA) is 49.3 Å². The van der Waals surface area contributed by atoms with Crippen LogP contribution in [0.5, 0.6) is 0 Å². The molecule has 0 aliphatic carbocycles. The van der Waals surface area contributed by atoms with E-state index in [0.29, 0.717) is 6.07 Å². The number of halogens is 3. The molecule has 0 saturated carbocycles. The second kappa shape index (κ2) is 5.12. The van der Waals surface area contributed by atoms with Gasteiger partial charge in [-0.05, 0) is 12.5 Å². The highest BCUT2D eigenvalue weighted by molar-refractivity contribution is 6.33. The largest absolute Gasteiger partial charge is 0.480 e. The molecule has 0 bridgehead atoms. The molecule has 1 aromatic carbocycles. The molecular formula is C10H10ClF2NO2. The number of aliphatic carboxylic acids is 1. The van der Waals surface area contributed by atoms with Crippen LogP contribution >= 0.6 is 11.6 Å². The molecular weight excluding hydrogens is 240 g/mol. The normalized spacial score (nSPS) is 12.2. The van der Waals surface area contributed by atoms with Gasteiger partial charge in [-0.2, -0.15) is 0 Å². The number of benzene rings is 1. The van der Waals surface area contributed by atoms with Crippen molar-refractivity contribution in [2.24, 2.45) is 0 Å². The summed E-state index contributed by atoms with van der Waals surface area (Å²) in [5.74, 6) is -2.84. The Bertz CT molecular complexity index is 389. The van der Waals surface area contributed by atoms with Crippen LogP contribution in [-0.2, 0) is 4.79 Å². The lowest BCUT2D eigenvalue weighted by Crippen LogP contribution is -2.28. The van der Waals surface area contributed by atoms with Gasteiger partial charge in [0, 0.05) is 6.07 Å². The number of hydrogen-bond donors (Lipinski definition) is 2. The average molecular weight is 250 g/mol. The van der Waals surface area contributed by atoms with E-state index in [1.807, 2.05) is 0 Å². The van der Waals surface area contributed by atoms with Crippen molar-refractivity contribution in [2.45, 2.75) is 19.4 Å². The fourth-order valence-electron chi connectivity index (χ4n) is 1.19. The van der Waals surface area contributed by atoms with Crippen molar-refractivity contribution in [3.8, 4) is 0 Å². The molecule has 1 atom stereocenters. The quantitative estimate of drug-likeness (QED) is 0.863. The first-order valence-corrected chi connectivity index (χ1v) is 4.97. The van der Waals surface area contributed by atoms with E-state index in [4.69, 9.17) is 16.7 Å². The Morgan fingerprint density at radius 3 is 2.62 bits per heavy atom. The van der Waals surface area contributed by atoms with Crippen LogP contribution in [0, 0.1) is 11.6 Å². The zero-order chi connectivity index (χ0) is 12.3. The van der Waals surface area contributed by atoms with Crippen LogP contribution in [0.3, 0.4) is 0 Å². The van der Waals surface area contributed by atoms with Crippen LogP contribution in [0.25, 0.3) is 0 Å². The SMILES string of the molecule is CCC(Nc1c(F)cc(F)cc1Cl)C(=O)O. The van der Waals surface area contributed by atoms with Gasteiger partial charge in [-0.15, -0.1) is 0 Å². The zero-order valence-corrected chi connectivity index (χ0v) is 9.18. The molecule has 0 heterocycles. The van der Waals surface area contributed by atoms with Crippen molar-refractivity contribution >= 4 is 23.3 Å². The van der Waals surface area contributed by atoms with Gasteiger partial charge in [0.1, 0.15) is 11.9 Å². The van der Waals surface area contributed by atoms with Gasteiger partial charge in [0.05, 0.1) is 10.7 Å². The van der Waals surface area contributed by atoms with Gasteiger partial charge in [0.2, 0.25) is 0 Å². The van der Waals surface area contributed by atoms with Crippen LogP contribution in [0.15, 0.2) is 12.1 Å². The van der Waals surface area contributed by atoms with Gasteiger partial charge in [-0.1, -0.05) is 18.5 Å². The predicted octanol–water partition coefficient (Wildman–Crippen LogP) is 2.89. The van der Waals surface area contributed by atoms with Crippen molar-refractivity contribution in [3.63, 3.8) is 0 Å². The van der Waals surface area contributed by atoms with Crippen molar-refractivity contribution in [3.05, 3.63) is 28.8 Å². The summed E-state index contributed by atoms with van der Waals surface area (Å²) in [4.78, 5) is 10.7. The van der Waals surface area contributed by atoms with E-state index in [9.17, 15) is 13.6 Å². The third kappa shape index (κ3) is 2.82. The Morgan fingerprint density at radius 1 is 1.56 bits per heavy atom. The van der Waals surface area contributed by atoms with Crippen LogP contribution in [0.2, 0.25) is 5.02 Å². The molecule has 6 heteroatoms. The molecule has 0 aliphatic heterocycles. The number of anilines is 1. The van der Waals surface area contributed by atoms with Crippen LogP contribution in [0.1, 0.15) is 13.3 Å². The lowest BCUT2D eigenvalue weighted by atomic mass is 10.2. The first-order chi connectivity index (χ1) is 7.45. The number of rotatable bonds is 4. The molecule has 0 radical (unpaired) electrons. The molecule has 0 spiro atoms. The zero-order valence-electron chi connectivity index (χ0n) is 8.43. The van der Waals surface area contributed by atoms with Gasteiger partial charge < -0.3 is 10.4 Å². The summed E-state index contributed by atoms with van der Waals surface area (Å²) >= 11 is 5.61. The number of nitrogens with one attached hydrogen (secondary N) is 1. The van der Waals surface area contributed by atoms with Gasteiger partial charge in [-0.3, -0.25) is 0 Å². The summed E-state index contributed by atoms with van der Waals surface area (Å²) in [5.41, 5.74) is -0.197. The van der Waals surface area contributed by atoms with Gasteiger partial charge >= 0.3 is 5.97 Å². The molecule has 0 saturated heterocycles. The highest BCUT2D eigenvalue weighted by Crippen LogP contribution is 2.27. The molecule has 88 valence electrons. The number of carboxylic acid groups (broad SMARTS) is 1. The lowest BCUT2D eigenvalue weighted by molar-refractivity contribution is -0.137. The fraction of sp³-hybridized carbons (Fsp3) is 0.300. The number of hydrogen-bond acceptors (Lipinski definition) is 2. The highest BCUT2D eigenvalue weighted by atomic mass is 35.5. The van der Waals surface area contributed by atoms with E-state index in [-0.39, 0.29) is 17.1 Å². The summed E-state index contributed by atoms with van der Waals surface area (Å²) < 4.78 is 26.0. The van der Waals surface area contributed by atoms with E-state index in [0.717, 1.165) is 6.07 Å². The third-order valence-electron chi connectivity index (χ3n) is 2.03. The summed E-state index contributed by atoms with van der Waals surface area (Å²) in [6, 6.07) is 0.599. The third-order valence-corrected chi connectivity index (χ3v) is 2.33. The van der Waals surface area contributed by atoms with E-state index in [1.54, 1.807) is 6.92 Å². The molecule has 1 aromatic rings. The van der Waals surface area contributed by atoms with E-state index in [1.165, 1.54) is 0 Å². The Labute approximate surface area is 96.0 Å². The van der Waals surface area contributed by atoms with Crippen LogP contribution in [0.4, 0.5) is 14.5 Å². The smallest absolute Gasteiger partial charge is 0.326 e. The minimum atomic E-state index is -1.12. The Balaban J connectivity index is 3.01. The average Bonchev–Trinajstić information content (AvgIpc) is 2.15. The fourth-order valence-corrected chi connectivity index (χ4v) is 1.44. The predicted molar refractivity (Wildman–Crippen MR) is 56.7 cm³/mol. The van der Waals surface area contributed by atoms with Crippen molar-refractivity contribution in [1.29, 1.82) is 0 Å². The molecule has 16 heavy (non-hydrogen) atoms. The van der Waals surface area contributed by atoms with E-state index >= 15 is 0 Å². The molecule has 0 fully saturated rings. The maximum atomic E-state index is 13.3. The Kier molecular flexibility index (Phi) is 4.06. The molecule has 3 nitrogen and oxygen atoms in total. The summed E-state index contributed by atoms with van der Waals surface area (Å²) in [7, 11) is 0. The maximum Gasteiger partial charge on any atom is 0.326 e. The summed E-state index contributed by atoms with van der Waals surface area (Å²) in [5, 5.41) is 11.0. The summed E-state index contributed by atoms with van der Waals surface area (Å²) in [6.45, 7) is 1.63. The first kappa shape index (κ1) is 12.7. The minimum Gasteiger partial charge on any atom is -0.480 e. The second-order valence-electron chi connectivity index (χ2n) is 3.19. The monoisotopic (exact) mass is 249 g/mol. The molecule has 1 unspecified atom stereocenters. The van der Waals surface area contributed by atoms with Crippen LogP contribution in [-0.4, -0.2) is 17.1 Å².